The Morgan fingerprint density at radius 1 is 0.976 bits per heavy atom. The van der Waals surface area contributed by atoms with Gasteiger partial charge in [0.15, 0.2) is 11.4 Å². The third-order valence-electron chi connectivity index (χ3n) is 6.64. The van der Waals surface area contributed by atoms with Crippen molar-refractivity contribution >= 4 is 38.6 Å². The van der Waals surface area contributed by atoms with E-state index in [1.807, 2.05) is 0 Å². The quantitative estimate of drug-likeness (QED) is 0.176. The van der Waals surface area contributed by atoms with Gasteiger partial charge < -0.3 is 10.1 Å². The van der Waals surface area contributed by atoms with E-state index in [0.717, 1.165) is 16.0 Å². The van der Waals surface area contributed by atoms with Crippen LogP contribution >= 0.6 is 11.3 Å². The molecule has 0 aliphatic carbocycles. The third-order valence-corrected chi connectivity index (χ3v) is 7.73. The van der Waals surface area contributed by atoms with Gasteiger partial charge in [-0.05, 0) is 59.5 Å². The summed E-state index contributed by atoms with van der Waals surface area (Å²) in [6, 6.07) is 12.1. The standard InChI is InChI=1S/C26H22F6N6O2S/c27-25(28,29)12-4-1-5-13-40-16-10-8-15(9-11-16)24(26(30,31)32)14-17(20(22(39)34-24)21-35-37-38-36-21)23-33-18-6-2-3-7-19(18)41-23/h2-3,6-11H,1,4-5,12-14H2,(H,34,39)(H,35,36,37,38)/t24-/m0/s1. The zero-order valence-electron chi connectivity index (χ0n) is 21.1. The second kappa shape index (κ2) is 11.1. The highest BCUT2D eigenvalue weighted by molar-refractivity contribution is 7.19. The summed E-state index contributed by atoms with van der Waals surface area (Å²) in [6.07, 6.45) is -10.1. The van der Waals surface area contributed by atoms with Crippen LogP contribution in [0.2, 0.25) is 0 Å². The average molecular weight is 597 g/mol. The molecule has 1 amide bonds. The first kappa shape index (κ1) is 28.5. The number of unbranched alkanes of at least 4 members (excludes halogenated alkanes) is 2. The largest absolute Gasteiger partial charge is 0.494 e. The maximum atomic E-state index is 14.9. The van der Waals surface area contributed by atoms with Gasteiger partial charge in [0.2, 0.25) is 0 Å². The molecule has 5 rings (SSSR count). The molecular weight excluding hydrogens is 574 g/mol. The van der Waals surface area contributed by atoms with Gasteiger partial charge >= 0.3 is 12.4 Å². The van der Waals surface area contributed by atoms with Crippen LogP contribution in [0.1, 0.15) is 48.5 Å². The summed E-state index contributed by atoms with van der Waals surface area (Å²) >= 11 is 1.15. The van der Waals surface area contributed by atoms with E-state index in [2.05, 4.69) is 30.9 Å². The number of aromatic amines is 1. The van der Waals surface area contributed by atoms with Gasteiger partial charge in [0, 0.05) is 18.4 Å². The highest BCUT2D eigenvalue weighted by Crippen LogP contribution is 2.50. The van der Waals surface area contributed by atoms with Gasteiger partial charge in [-0.1, -0.05) is 24.3 Å². The molecule has 3 heterocycles. The van der Waals surface area contributed by atoms with Gasteiger partial charge in [-0.3, -0.25) is 4.79 Å². The summed E-state index contributed by atoms with van der Waals surface area (Å²) in [6.45, 7) is 0.109. The van der Waals surface area contributed by atoms with Crippen LogP contribution in [0.3, 0.4) is 0 Å². The van der Waals surface area contributed by atoms with Gasteiger partial charge in [0.05, 0.1) is 22.4 Å². The number of carbonyl (C=O) groups is 1. The minimum Gasteiger partial charge on any atom is -0.494 e. The first-order chi connectivity index (χ1) is 19.5. The topological polar surface area (TPSA) is 106 Å². The molecule has 0 spiro atoms. The lowest BCUT2D eigenvalue weighted by Gasteiger charge is -2.40. The molecule has 0 unspecified atom stereocenters. The fourth-order valence-electron chi connectivity index (χ4n) is 4.63. The van der Waals surface area contributed by atoms with Crippen LogP contribution in [0, 0.1) is 0 Å². The van der Waals surface area contributed by atoms with Crippen molar-refractivity contribution in [3.8, 4) is 5.75 Å². The summed E-state index contributed by atoms with van der Waals surface area (Å²) < 4.78 is 87.8. The van der Waals surface area contributed by atoms with Crippen LogP contribution in [0.5, 0.6) is 5.75 Å². The molecule has 216 valence electrons. The Labute approximate surface area is 232 Å². The number of aromatic nitrogens is 5. The van der Waals surface area contributed by atoms with E-state index in [-0.39, 0.29) is 46.3 Å². The van der Waals surface area contributed by atoms with E-state index in [1.165, 1.54) is 24.3 Å². The number of nitrogens with zero attached hydrogens (tertiary/aromatic N) is 4. The summed E-state index contributed by atoms with van der Waals surface area (Å²) in [5.74, 6) is -0.869. The Kier molecular flexibility index (Phi) is 7.72. The van der Waals surface area contributed by atoms with E-state index in [4.69, 9.17) is 4.74 Å². The Morgan fingerprint density at radius 3 is 2.39 bits per heavy atom. The van der Waals surface area contributed by atoms with E-state index < -0.39 is 36.6 Å². The van der Waals surface area contributed by atoms with Crippen LogP contribution in [0.15, 0.2) is 48.5 Å². The number of amides is 1. The summed E-state index contributed by atoms with van der Waals surface area (Å²) in [5, 5.41) is 15.5. The van der Waals surface area contributed by atoms with Crippen molar-refractivity contribution in [2.75, 3.05) is 6.61 Å². The van der Waals surface area contributed by atoms with Crippen molar-refractivity contribution < 1.29 is 35.9 Å². The lowest BCUT2D eigenvalue weighted by atomic mass is 9.78. The van der Waals surface area contributed by atoms with Gasteiger partial charge in [-0.15, -0.1) is 16.4 Å². The number of hydrogen-bond acceptors (Lipinski definition) is 7. The lowest BCUT2D eigenvalue weighted by Crippen LogP contribution is -2.58. The van der Waals surface area contributed by atoms with Crippen molar-refractivity contribution in [3.63, 3.8) is 0 Å². The van der Waals surface area contributed by atoms with Gasteiger partial charge in [-0.25, -0.2) is 10.1 Å². The molecule has 0 saturated carbocycles. The number of ether oxygens (including phenoxy) is 1. The zero-order valence-corrected chi connectivity index (χ0v) is 22.0. The maximum Gasteiger partial charge on any atom is 0.416 e. The molecule has 2 aromatic heterocycles. The number of tetrazole rings is 1. The second-order valence-electron chi connectivity index (χ2n) is 9.42. The molecule has 1 atom stereocenters. The molecule has 1 aliphatic heterocycles. The maximum absolute atomic E-state index is 14.9. The van der Waals surface area contributed by atoms with Crippen LogP contribution < -0.4 is 10.1 Å². The van der Waals surface area contributed by atoms with Crippen LogP contribution in [-0.4, -0.2) is 50.5 Å². The van der Waals surface area contributed by atoms with Crippen molar-refractivity contribution in [2.45, 2.75) is 50.0 Å². The lowest BCUT2D eigenvalue weighted by molar-refractivity contribution is -0.201. The number of H-pyrrole nitrogens is 1. The number of hydrogen-bond donors (Lipinski definition) is 2. The predicted octanol–water partition coefficient (Wildman–Crippen LogP) is 6.20. The Balaban J connectivity index is 1.44. The first-order valence-corrected chi connectivity index (χ1v) is 13.3. The molecule has 1 aliphatic rings. The minimum atomic E-state index is -4.92. The molecule has 4 aromatic rings. The number of carbonyl (C=O) groups excluding carboxylic acids is 1. The Morgan fingerprint density at radius 2 is 1.73 bits per heavy atom. The third kappa shape index (κ3) is 6.04. The van der Waals surface area contributed by atoms with E-state index in [1.54, 1.807) is 24.3 Å². The van der Waals surface area contributed by atoms with Crippen LogP contribution in [-0.2, 0) is 10.3 Å². The number of halogens is 6. The summed E-state index contributed by atoms with van der Waals surface area (Å²) in [5.41, 5.74) is -2.57. The smallest absolute Gasteiger partial charge is 0.416 e. The number of rotatable bonds is 9. The van der Waals surface area contributed by atoms with Gasteiger partial charge in [0.1, 0.15) is 10.8 Å². The monoisotopic (exact) mass is 596 g/mol. The molecule has 41 heavy (non-hydrogen) atoms. The van der Waals surface area contributed by atoms with Crippen molar-refractivity contribution in [1.82, 2.24) is 30.9 Å². The Hall–Kier alpha value is -4.01. The normalized spacial score (nSPS) is 18.1. The molecule has 0 radical (unpaired) electrons. The van der Waals surface area contributed by atoms with E-state index in [9.17, 15) is 31.1 Å². The predicted molar refractivity (Wildman–Crippen MR) is 138 cm³/mol. The van der Waals surface area contributed by atoms with Crippen LogP contribution in [0.25, 0.3) is 21.4 Å². The average Bonchev–Trinajstić information content (AvgIpc) is 3.59. The molecule has 15 heteroatoms. The summed E-state index contributed by atoms with van der Waals surface area (Å²) in [4.78, 5) is 17.9. The molecular formula is C26H22F6N6O2S. The zero-order chi connectivity index (χ0) is 29.3. The number of alkyl halides is 6. The Bertz CT molecular complexity index is 1520. The number of thiazole rings is 1. The molecule has 0 fully saturated rings. The van der Waals surface area contributed by atoms with Crippen molar-refractivity contribution in [3.05, 3.63) is 64.9 Å². The molecule has 0 saturated heterocycles. The first-order valence-electron chi connectivity index (χ1n) is 12.5. The van der Waals surface area contributed by atoms with E-state index >= 15 is 0 Å². The molecule has 0 bridgehead atoms. The fraction of sp³-hybridized carbons (Fsp3) is 0.346. The number of nitrogens with one attached hydrogen (secondary N) is 2. The minimum absolute atomic E-state index is 0.0315. The highest BCUT2D eigenvalue weighted by Gasteiger charge is 2.60. The summed E-state index contributed by atoms with van der Waals surface area (Å²) in [7, 11) is 0. The molecule has 2 N–H and O–H groups in total. The highest BCUT2D eigenvalue weighted by atomic mass is 32.1. The van der Waals surface area contributed by atoms with E-state index in [0.29, 0.717) is 18.4 Å². The number of benzene rings is 2. The SMILES string of the molecule is O=C1N[C@@](c2ccc(OCCCCCC(F)(F)F)cc2)(C(F)(F)F)CC(c2nc3ccccc3s2)=C1c1nnn[nH]1. The van der Waals surface area contributed by atoms with Crippen LogP contribution in [0.4, 0.5) is 26.3 Å². The molecule has 2 aromatic carbocycles. The second-order valence-corrected chi connectivity index (χ2v) is 10.5. The number of fused-ring (bicyclic) bond motifs is 1. The van der Waals surface area contributed by atoms with Crippen molar-refractivity contribution in [2.24, 2.45) is 0 Å². The molecule has 8 nitrogen and oxygen atoms in total. The fourth-order valence-corrected chi connectivity index (χ4v) is 5.64. The van der Waals surface area contributed by atoms with Gasteiger partial charge in [-0.2, -0.15) is 26.3 Å². The van der Waals surface area contributed by atoms with Gasteiger partial charge in [0.25, 0.3) is 5.91 Å². The number of para-hydroxylation sites is 1. The van der Waals surface area contributed by atoms with Crippen molar-refractivity contribution in [1.29, 1.82) is 0 Å².